The first kappa shape index (κ1) is 14.7. The van der Waals surface area contributed by atoms with Crippen LogP contribution >= 0.6 is 0 Å². The summed E-state index contributed by atoms with van der Waals surface area (Å²) in [6.07, 6.45) is 6.52. The van der Waals surface area contributed by atoms with Crippen molar-refractivity contribution in [1.29, 1.82) is 0 Å². The molecule has 8 heteroatoms. The molecule has 2 rings (SSSR count). The summed E-state index contributed by atoms with van der Waals surface area (Å²) >= 11 is 0. The molecule has 0 aromatic carbocycles. The lowest BCUT2D eigenvalue weighted by atomic mass is 10.4. The second-order valence-corrected chi connectivity index (χ2v) is 7.16. The van der Waals surface area contributed by atoms with Crippen LogP contribution in [0.2, 0.25) is 0 Å². The maximum Gasteiger partial charge on any atom is 0.245 e. The summed E-state index contributed by atoms with van der Waals surface area (Å²) in [4.78, 5) is 4.47. The van der Waals surface area contributed by atoms with Gasteiger partial charge in [0.15, 0.2) is 0 Å². The van der Waals surface area contributed by atoms with Gasteiger partial charge in [-0.15, -0.1) is 0 Å². The maximum atomic E-state index is 12.0. The molecule has 0 unspecified atom stereocenters. The summed E-state index contributed by atoms with van der Waals surface area (Å²) in [6.45, 7) is 4.57. The average molecular weight is 297 g/mol. The summed E-state index contributed by atoms with van der Waals surface area (Å²) in [5.74, 6) is 0.844. The molecule has 0 aliphatic heterocycles. The van der Waals surface area contributed by atoms with Crippen LogP contribution in [0.25, 0.3) is 0 Å². The van der Waals surface area contributed by atoms with Crippen molar-refractivity contribution >= 4 is 10.0 Å². The lowest BCUT2D eigenvalue weighted by Crippen LogP contribution is -2.21. The van der Waals surface area contributed by atoms with Gasteiger partial charge in [0.25, 0.3) is 0 Å². The van der Waals surface area contributed by atoms with Gasteiger partial charge in [-0.3, -0.25) is 4.68 Å². The fourth-order valence-corrected chi connectivity index (χ4v) is 2.71. The third-order valence-corrected chi connectivity index (χ3v) is 4.76. The van der Waals surface area contributed by atoms with Crippen LogP contribution in [0.15, 0.2) is 29.7 Å². The van der Waals surface area contributed by atoms with Crippen LogP contribution in [0, 0.1) is 0 Å². The zero-order valence-corrected chi connectivity index (χ0v) is 12.9. The third-order valence-electron chi connectivity index (χ3n) is 3.00. The Balaban J connectivity index is 2.25. The van der Waals surface area contributed by atoms with Crippen LogP contribution < -0.4 is 0 Å². The fraction of sp³-hybridized carbons (Fsp3) is 0.500. The molecule has 2 aromatic rings. The minimum absolute atomic E-state index is 0.185. The topological polar surface area (TPSA) is 73.0 Å². The van der Waals surface area contributed by atoms with E-state index in [1.54, 1.807) is 10.9 Å². The van der Waals surface area contributed by atoms with Crippen molar-refractivity contribution in [2.45, 2.75) is 31.3 Å². The maximum absolute atomic E-state index is 12.0. The van der Waals surface area contributed by atoms with Crippen LogP contribution in [-0.2, 0) is 16.6 Å². The van der Waals surface area contributed by atoms with Crippen molar-refractivity contribution < 1.29 is 8.42 Å². The minimum atomic E-state index is -3.44. The van der Waals surface area contributed by atoms with E-state index in [0.717, 1.165) is 5.82 Å². The van der Waals surface area contributed by atoms with E-state index in [9.17, 15) is 8.42 Å². The van der Waals surface area contributed by atoms with Crippen molar-refractivity contribution in [2.75, 3.05) is 14.1 Å². The Morgan fingerprint density at radius 1 is 1.35 bits per heavy atom. The van der Waals surface area contributed by atoms with Gasteiger partial charge in [-0.05, 0) is 13.8 Å². The molecule has 0 amide bonds. The molecule has 0 saturated carbocycles. The number of hydrogen-bond donors (Lipinski definition) is 0. The number of sulfonamides is 1. The van der Waals surface area contributed by atoms with Gasteiger partial charge < -0.3 is 4.57 Å². The first-order valence-electron chi connectivity index (χ1n) is 6.29. The van der Waals surface area contributed by atoms with E-state index in [0.29, 0.717) is 12.6 Å². The van der Waals surface area contributed by atoms with Crippen molar-refractivity contribution in [1.82, 2.24) is 23.6 Å². The van der Waals surface area contributed by atoms with Crippen LogP contribution in [0.3, 0.4) is 0 Å². The molecular formula is C12H19N5O2S. The molecule has 7 nitrogen and oxygen atoms in total. The molecule has 0 fully saturated rings. The Labute approximate surface area is 118 Å². The van der Waals surface area contributed by atoms with Crippen LogP contribution in [-0.4, -0.2) is 46.1 Å². The highest BCUT2D eigenvalue weighted by Gasteiger charge is 2.19. The van der Waals surface area contributed by atoms with Gasteiger partial charge in [0.1, 0.15) is 10.7 Å². The normalized spacial score (nSPS) is 12.5. The molecule has 0 spiro atoms. The molecule has 0 aliphatic rings. The van der Waals surface area contributed by atoms with Crippen molar-refractivity contribution in [2.24, 2.45) is 0 Å². The molecule has 0 saturated heterocycles. The van der Waals surface area contributed by atoms with Crippen molar-refractivity contribution in [3.8, 4) is 0 Å². The molecule has 0 radical (unpaired) electrons. The Morgan fingerprint density at radius 3 is 2.65 bits per heavy atom. The van der Waals surface area contributed by atoms with Crippen molar-refractivity contribution in [3.63, 3.8) is 0 Å². The highest BCUT2D eigenvalue weighted by molar-refractivity contribution is 7.89. The number of nitrogens with zero attached hydrogens (tertiary/aromatic N) is 5. The van der Waals surface area contributed by atoms with Crippen molar-refractivity contribution in [3.05, 3.63) is 30.6 Å². The van der Waals surface area contributed by atoms with Crippen LogP contribution in [0.1, 0.15) is 25.7 Å². The molecule has 2 heterocycles. The molecule has 0 atom stereocenters. The second kappa shape index (κ2) is 5.37. The van der Waals surface area contributed by atoms with E-state index in [1.807, 2.05) is 10.8 Å². The third kappa shape index (κ3) is 2.75. The van der Waals surface area contributed by atoms with Gasteiger partial charge in [0.05, 0.1) is 12.7 Å². The lowest BCUT2D eigenvalue weighted by molar-refractivity contribution is 0.519. The van der Waals surface area contributed by atoms with Gasteiger partial charge in [-0.2, -0.15) is 5.10 Å². The van der Waals surface area contributed by atoms with E-state index >= 15 is 0 Å². The smallest absolute Gasteiger partial charge is 0.245 e. The van der Waals surface area contributed by atoms with E-state index in [1.165, 1.54) is 30.8 Å². The molecule has 110 valence electrons. The van der Waals surface area contributed by atoms with E-state index in [-0.39, 0.29) is 4.90 Å². The summed E-state index contributed by atoms with van der Waals surface area (Å²) < 4.78 is 28.7. The zero-order valence-electron chi connectivity index (χ0n) is 12.1. The first-order chi connectivity index (χ1) is 9.32. The minimum Gasteiger partial charge on any atom is -0.331 e. The first-order valence-corrected chi connectivity index (χ1v) is 7.73. The molecule has 0 bridgehead atoms. The molecule has 0 aliphatic carbocycles. The van der Waals surface area contributed by atoms with Crippen LogP contribution in [0.5, 0.6) is 0 Å². The largest absolute Gasteiger partial charge is 0.331 e. The molecule has 0 N–H and O–H groups in total. The van der Waals surface area contributed by atoms with E-state index in [4.69, 9.17) is 0 Å². The standard InChI is InChI=1S/C12H19N5O2S/c1-10(2)17-6-5-13-12(17)9-16-8-11(7-14-16)20(18,19)15(3)4/h5-8,10H,9H2,1-4H3. The predicted molar refractivity (Wildman–Crippen MR) is 74.8 cm³/mol. The Bertz CT molecular complexity index is 684. The summed E-state index contributed by atoms with van der Waals surface area (Å²) in [5, 5.41) is 4.10. The zero-order chi connectivity index (χ0) is 14.9. The Hall–Kier alpha value is -1.67. The van der Waals surface area contributed by atoms with E-state index < -0.39 is 10.0 Å². The second-order valence-electron chi connectivity index (χ2n) is 5.01. The molecule has 20 heavy (non-hydrogen) atoms. The van der Waals surface area contributed by atoms with Crippen LogP contribution in [0.4, 0.5) is 0 Å². The Morgan fingerprint density at radius 2 is 2.05 bits per heavy atom. The SMILES string of the molecule is CC(C)n1ccnc1Cn1cc(S(=O)(=O)N(C)C)cn1. The highest BCUT2D eigenvalue weighted by Crippen LogP contribution is 2.13. The molecule has 2 aromatic heterocycles. The number of aromatic nitrogens is 4. The van der Waals surface area contributed by atoms with Gasteiger partial charge in [0.2, 0.25) is 10.0 Å². The number of rotatable bonds is 5. The summed E-state index contributed by atoms with van der Waals surface area (Å²) in [5.41, 5.74) is 0. The lowest BCUT2D eigenvalue weighted by Gasteiger charge is -2.11. The van der Waals surface area contributed by atoms with Gasteiger partial charge in [-0.1, -0.05) is 0 Å². The monoisotopic (exact) mass is 297 g/mol. The highest BCUT2D eigenvalue weighted by atomic mass is 32.2. The van der Waals surface area contributed by atoms with Gasteiger partial charge in [-0.25, -0.2) is 17.7 Å². The van der Waals surface area contributed by atoms with E-state index in [2.05, 4.69) is 23.9 Å². The summed E-state index contributed by atoms with van der Waals surface area (Å²) in [6, 6.07) is 0.299. The number of hydrogen-bond acceptors (Lipinski definition) is 4. The quantitative estimate of drug-likeness (QED) is 0.824. The fourth-order valence-electron chi connectivity index (χ4n) is 1.86. The Kier molecular flexibility index (Phi) is 3.96. The van der Waals surface area contributed by atoms with Gasteiger partial charge in [0, 0.05) is 38.7 Å². The summed E-state index contributed by atoms with van der Waals surface area (Å²) in [7, 11) is -0.442. The van der Waals surface area contributed by atoms with Gasteiger partial charge >= 0.3 is 0 Å². The predicted octanol–water partition coefficient (Wildman–Crippen LogP) is 0.959. The average Bonchev–Trinajstić information content (AvgIpc) is 2.98. The number of imidazole rings is 1. The molecular weight excluding hydrogens is 278 g/mol.